The third kappa shape index (κ3) is 2.66. The molecule has 0 saturated heterocycles. The second-order valence-corrected chi connectivity index (χ2v) is 11.1. The van der Waals surface area contributed by atoms with Crippen molar-refractivity contribution < 1.29 is 13.9 Å². The van der Waals surface area contributed by atoms with E-state index in [0.717, 1.165) is 32.1 Å². The van der Waals surface area contributed by atoms with Crippen molar-refractivity contribution in [3.05, 3.63) is 11.6 Å². The molecule has 0 aromatic rings. The van der Waals surface area contributed by atoms with Gasteiger partial charge in [-0.05, 0) is 80.0 Å². The van der Waals surface area contributed by atoms with E-state index >= 15 is 0 Å². The molecule has 4 nitrogen and oxygen atoms in total. The second kappa shape index (κ2) is 6.33. The summed E-state index contributed by atoms with van der Waals surface area (Å²) in [6.45, 7) is 6.45. The van der Waals surface area contributed by atoms with Crippen LogP contribution in [0.5, 0.6) is 0 Å². The van der Waals surface area contributed by atoms with Crippen LogP contribution in [0.3, 0.4) is 0 Å². The maximum absolute atomic E-state index is 11.7. The lowest BCUT2D eigenvalue weighted by Gasteiger charge is -2.57. The van der Waals surface area contributed by atoms with E-state index in [-0.39, 0.29) is 22.4 Å². The van der Waals surface area contributed by atoms with Crippen LogP contribution in [0.1, 0.15) is 72.1 Å². The standard InChI is InChI=1S/C21H32NO3P/c1-13(23)22-19-7-6-17-16-5-4-14-12-15(26(24)25)8-10-20(14,2)18(16)9-11-21(17,19)3/h4,15-19H,5-12H2,1-3H3,(H,22,23)/t15?,16-,17-,18-,19-,20-,21-/m0/s1. The summed E-state index contributed by atoms with van der Waals surface area (Å²) in [7, 11) is -2.31. The van der Waals surface area contributed by atoms with Crippen LogP contribution in [0.25, 0.3) is 0 Å². The van der Waals surface area contributed by atoms with Crippen LogP contribution < -0.4 is 5.32 Å². The molecule has 0 radical (unpaired) electrons. The maximum atomic E-state index is 11.7. The van der Waals surface area contributed by atoms with E-state index in [2.05, 4.69) is 25.2 Å². The molecule has 0 spiro atoms. The van der Waals surface area contributed by atoms with Crippen molar-refractivity contribution in [1.29, 1.82) is 0 Å². The first kappa shape index (κ1) is 18.5. The number of nitrogens with one attached hydrogen (secondary N) is 1. The van der Waals surface area contributed by atoms with Crippen molar-refractivity contribution in [3.63, 3.8) is 0 Å². The van der Waals surface area contributed by atoms with Crippen molar-refractivity contribution in [1.82, 2.24) is 5.32 Å². The summed E-state index contributed by atoms with van der Waals surface area (Å²) >= 11 is 0. The zero-order valence-electron chi connectivity index (χ0n) is 16.3. The highest BCUT2D eigenvalue weighted by atomic mass is 31.1. The minimum absolute atomic E-state index is 0.0989. The van der Waals surface area contributed by atoms with Crippen LogP contribution in [0.15, 0.2) is 11.6 Å². The van der Waals surface area contributed by atoms with Gasteiger partial charge in [0.25, 0.3) is 0 Å². The minimum Gasteiger partial charge on any atom is -0.353 e. The van der Waals surface area contributed by atoms with E-state index in [1.165, 1.54) is 24.8 Å². The summed E-state index contributed by atoms with van der Waals surface area (Å²) in [4.78, 5) is 11.7. The molecule has 5 heteroatoms. The number of carbonyl (C=O) groups excluding carboxylic acids is 1. The lowest BCUT2D eigenvalue weighted by Crippen LogP contribution is -2.53. The Kier molecular flexibility index (Phi) is 4.50. The van der Waals surface area contributed by atoms with Gasteiger partial charge in [0.2, 0.25) is 5.91 Å². The number of hydrogen-bond acceptors (Lipinski definition) is 3. The summed E-state index contributed by atoms with van der Waals surface area (Å²) in [5.41, 5.74) is 1.70. The average molecular weight is 377 g/mol. The highest BCUT2D eigenvalue weighted by Gasteiger charge is 2.58. The highest BCUT2D eigenvalue weighted by molar-refractivity contribution is 7.31. The normalized spacial score (nSPS) is 47.2. The van der Waals surface area contributed by atoms with Gasteiger partial charge in [0, 0.05) is 13.0 Å². The summed E-state index contributed by atoms with van der Waals surface area (Å²) in [5.74, 6) is 2.16. The van der Waals surface area contributed by atoms with Gasteiger partial charge in [0.05, 0.1) is 5.66 Å². The summed E-state index contributed by atoms with van der Waals surface area (Å²) in [5, 5.41) is 3.24. The Bertz CT molecular complexity index is 706. The van der Waals surface area contributed by atoms with Gasteiger partial charge in [-0.2, -0.15) is 0 Å². The topological polar surface area (TPSA) is 63.2 Å². The van der Waals surface area contributed by atoms with E-state index < -0.39 is 7.68 Å². The smallest absolute Gasteiger partial charge is 0.319 e. The van der Waals surface area contributed by atoms with Gasteiger partial charge in [-0.1, -0.05) is 25.5 Å². The molecule has 1 N–H and O–H groups in total. The third-order valence-corrected chi connectivity index (χ3v) is 9.79. The van der Waals surface area contributed by atoms with Gasteiger partial charge in [-0.3, -0.25) is 4.79 Å². The number of carbonyl (C=O) groups is 1. The molecule has 4 rings (SSSR count). The van der Waals surface area contributed by atoms with E-state index in [4.69, 9.17) is 0 Å². The number of rotatable bonds is 2. The van der Waals surface area contributed by atoms with Crippen LogP contribution in [-0.4, -0.2) is 17.6 Å². The molecule has 3 saturated carbocycles. The first-order valence-electron chi connectivity index (χ1n) is 10.4. The van der Waals surface area contributed by atoms with Gasteiger partial charge in [-0.15, -0.1) is 0 Å². The Morgan fingerprint density at radius 1 is 1.12 bits per heavy atom. The quantitative estimate of drug-likeness (QED) is 0.544. The molecule has 1 unspecified atom stereocenters. The molecule has 0 aliphatic heterocycles. The fourth-order valence-electron chi connectivity index (χ4n) is 7.30. The fourth-order valence-corrected chi connectivity index (χ4v) is 7.99. The van der Waals surface area contributed by atoms with E-state index in [0.29, 0.717) is 23.8 Å². The number of fused-ring (bicyclic) bond motifs is 5. The van der Waals surface area contributed by atoms with Crippen molar-refractivity contribution in [3.8, 4) is 0 Å². The largest absolute Gasteiger partial charge is 0.353 e. The predicted octanol–water partition coefficient (Wildman–Crippen LogP) is 5.00. The van der Waals surface area contributed by atoms with Gasteiger partial charge in [0.15, 0.2) is 0 Å². The Balaban J connectivity index is 1.60. The van der Waals surface area contributed by atoms with Gasteiger partial charge in [0.1, 0.15) is 0 Å². The summed E-state index contributed by atoms with van der Waals surface area (Å²) < 4.78 is 23.0. The molecule has 4 aliphatic carbocycles. The maximum Gasteiger partial charge on any atom is 0.319 e. The minimum atomic E-state index is -2.31. The molecule has 0 bridgehead atoms. The number of allylic oxidation sites excluding steroid dienone is 2. The predicted molar refractivity (Wildman–Crippen MR) is 101 cm³/mol. The molecule has 3 fully saturated rings. The highest BCUT2D eigenvalue weighted by Crippen LogP contribution is 2.65. The third-order valence-electron chi connectivity index (χ3n) is 8.75. The van der Waals surface area contributed by atoms with E-state index in [1.807, 2.05) is 0 Å². The number of hydrogen-bond donors (Lipinski definition) is 1. The molecule has 4 aliphatic rings. The zero-order chi connectivity index (χ0) is 18.7. The number of amides is 1. The molecule has 0 heterocycles. The Labute approximate surface area is 157 Å². The van der Waals surface area contributed by atoms with Crippen LogP contribution in [-0.2, 0) is 13.9 Å². The Hall–Kier alpha value is -0.890. The van der Waals surface area contributed by atoms with Gasteiger partial charge < -0.3 is 5.32 Å². The molecule has 26 heavy (non-hydrogen) atoms. The molecule has 7 atom stereocenters. The molecule has 0 aromatic carbocycles. The van der Waals surface area contributed by atoms with Crippen LogP contribution in [0.2, 0.25) is 0 Å². The SMILES string of the molecule is CC(=O)N[C@H]1CC[C@H]2[C@@H]3CC=C4CC(P(=O)=O)CC[C@]4(C)[C@H]3CC[C@]12C. The Morgan fingerprint density at radius 3 is 2.58 bits per heavy atom. The van der Waals surface area contributed by atoms with Crippen molar-refractivity contribution >= 4 is 13.6 Å². The monoisotopic (exact) mass is 377 g/mol. The molecular formula is C21H32NO3P. The molecular weight excluding hydrogens is 345 g/mol. The lowest BCUT2D eigenvalue weighted by molar-refractivity contribution is -0.121. The van der Waals surface area contributed by atoms with Crippen LogP contribution in [0.4, 0.5) is 0 Å². The summed E-state index contributed by atoms with van der Waals surface area (Å²) in [6, 6.07) is 0.323. The lowest BCUT2D eigenvalue weighted by atomic mass is 9.48. The van der Waals surface area contributed by atoms with E-state index in [1.54, 1.807) is 6.92 Å². The first-order valence-corrected chi connectivity index (χ1v) is 11.6. The zero-order valence-corrected chi connectivity index (χ0v) is 17.2. The Morgan fingerprint density at radius 2 is 1.88 bits per heavy atom. The second-order valence-electron chi connectivity index (χ2n) is 9.82. The first-order chi connectivity index (χ1) is 12.3. The van der Waals surface area contributed by atoms with Crippen LogP contribution in [0, 0.1) is 28.6 Å². The van der Waals surface area contributed by atoms with Crippen molar-refractivity contribution in [2.45, 2.75) is 83.8 Å². The molecule has 0 aromatic heterocycles. The van der Waals surface area contributed by atoms with Gasteiger partial charge >= 0.3 is 7.68 Å². The van der Waals surface area contributed by atoms with Gasteiger partial charge in [-0.25, -0.2) is 9.13 Å². The summed E-state index contributed by atoms with van der Waals surface area (Å²) in [6.07, 6.45) is 10.8. The average Bonchev–Trinajstić information content (AvgIpc) is 2.90. The fraction of sp³-hybridized carbons (Fsp3) is 0.857. The molecule has 1 amide bonds. The van der Waals surface area contributed by atoms with E-state index in [9.17, 15) is 13.9 Å². The van der Waals surface area contributed by atoms with Crippen molar-refractivity contribution in [2.75, 3.05) is 0 Å². The van der Waals surface area contributed by atoms with Crippen molar-refractivity contribution in [2.24, 2.45) is 28.6 Å². The van der Waals surface area contributed by atoms with Crippen LogP contribution >= 0.6 is 7.68 Å². The molecule has 144 valence electrons.